The number of aryl methyl sites for hydroxylation is 2. The molecule has 0 saturated carbocycles. The Balaban J connectivity index is 1.23. The lowest BCUT2D eigenvalue weighted by Crippen LogP contribution is -2.52. The van der Waals surface area contributed by atoms with E-state index in [4.69, 9.17) is 14.5 Å². The van der Waals surface area contributed by atoms with E-state index in [0.717, 1.165) is 46.9 Å². The minimum atomic E-state index is 0.216. The molecule has 10 heteroatoms. The van der Waals surface area contributed by atoms with E-state index < -0.39 is 0 Å². The minimum absolute atomic E-state index is 0.216. The van der Waals surface area contributed by atoms with Gasteiger partial charge < -0.3 is 24.3 Å². The van der Waals surface area contributed by atoms with Crippen LogP contribution in [0.3, 0.4) is 0 Å². The average molecular weight is 469 g/mol. The maximum atomic E-state index is 6.14. The van der Waals surface area contributed by atoms with Crippen molar-refractivity contribution in [2.45, 2.75) is 13.0 Å². The van der Waals surface area contributed by atoms with Crippen LogP contribution in [0.15, 0.2) is 55.2 Å². The van der Waals surface area contributed by atoms with E-state index in [9.17, 15) is 0 Å². The second-order valence-corrected chi connectivity index (χ2v) is 8.60. The highest BCUT2D eigenvalue weighted by molar-refractivity contribution is 5.87. The molecule has 0 unspecified atom stereocenters. The van der Waals surface area contributed by atoms with Crippen LogP contribution in [-0.4, -0.2) is 55.8 Å². The zero-order chi connectivity index (χ0) is 23.9. The Morgan fingerprint density at radius 2 is 1.89 bits per heavy atom. The van der Waals surface area contributed by atoms with Crippen LogP contribution in [0.4, 0.5) is 17.5 Å². The van der Waals surface area contributed by atoms with Gasteiger partial charge in [-0.3, -0.25) is 0 Å². The second kappa shape index (κ2) is 8.48. The Labute approximate surface area is 201 Å². The number of imidazole rings is 1. The molecule has 176 valence electrons. The molecule has 3 aromatic heterocycles. The van der Waals surface area contributed by atoms with E-state index in [-0.39, 0.29) is 6.10 Å². The van der Waals surface area contributed by atoms with Gasteiger partial charge in [-0.25, -0.2) is 24.9 Å². The molecule has 1 fully saturated rings. The average Bonchev–Trinajstić information content (AvgIpc) is 3.20. The van der Waals surface area contributed by atoms with Crippen molar-refractivity contribution < 1.29 is 9.47 Å². The molecule has 6 rings (SSSR count). The Bertz CT molecular complexity index is 1540. The first-order valence-corrected chi connectivity index (χ1v) is 11.3. The number of aromatic nitrogens is 6. The molecule has 0 atom stereocenters. The SMILES string of the molecule is COC1CN(c2ncc3ncnc(Nc4ccc(Oc5ccc6c(c5)ncn6C)c(C)c4)c3n2)C1. The van der Waals surface area contributed by atoms with Crippen LogP contribution in [0.2, 0.25) is 0 Å². The Hall–Kier alpha value is -4.31. The van der Waals surface area contributed by atoms with Crippen LogP contribution >= 0.6 is 0 Å². The molecular formula is C25H24N8O2. The molecule has 0 radical (unpaired) electrons. The summed E-state index contributed by atoms with van der Waals surface area (Å²) in [5, 5.41) is 3.37. The van der Waals surface area contributed by atoms with Crippen LogP contribution in [-0.2, 0) is 11.8 Å². The van der Waals surface area contributed by atoms with Gasteiger partial charge in [0.25, 0.3) is 0 Å². The summed E-state index contributed by atoms with van der Waals surface area (Å²) in [6, 6.07) is 11.8. The Kier molecular flexibility index (Phi) is 5.14. The lowest BCUT2D eigenvalue weighted by Gasteiger charge is -2.37. The van der Waals surface area contributed by atoms with Crippen molar-refractivity contribution >= 4 is 39.5 Å². The first-order chi connectivity index (χ1) is 17.1. The summed E-state index contributed by atoms with van der Waals surface area (Å²) >= 11 is 0. The molecule has 10 nitrogen and oxygen atoms in total. The van der Waals surface area contributed by atoms with Gasteiger partial charge in [-0.05, 0) is 42.8 Å². The quantitative estimate of drug-likeness (QED) is 0.396. The molecule has 1 aliphatic heterocycles. The number of methoxy groups -OCH3 is 1. The van der Waals surface area contributed by atoms with Crippen LogP contribution in [0.1, 0.15) is 5.56 Å². The number of hydrogen-bond acceptors (Lipinski definition) is 9. The number of ether oxygens (including phenoxy) is 2. The fourth-order valence-corrected chi connectivity index (χ4v) is 4.12. The normalized spacial score (nSPS) is 13.9. The predicted molar refractivity (Wildman–Crippen MR) is 133 cm³/mol. The standard InChI is InChI=1S/C25H24N8O2/c1-15-8-16(4-7-22(15)35-17-5-6-21-19(9-17)29-14-32(21)2)30-24-23-20(27-13-28-24)10-26-25(31-23)33-11-18(12-33)34-3/h4-10,13-14,18H,11-12H2,1-3H3,(H,27,28,30). The van der Waals surface area contributed by atoms with Gasteiger partial charge in [0, 0.05) is 39.0 Å². The van der Waals surface area contributed by atoms with E-state index in [0.29, 0.717) is 22.8 Å². The number of anilines is 3. The summed E-state index contributed by atoms with van der Waals surface area (Å²) in [4.78, 5) is 24.4. The molecule has 35 heavy (non-hydrogen) atoms. The summed E-state index contributed by atoms with van der Waals surface area (Å²) in [5.74, 6) is 2.78. The van der Waals surface area contributed by atoms with Gasteiger partial charge in [-0.1, -0.05) is 0 Å². The monoisotopic (exact) mass is 468 g/mol. The molecule has 0 amide bonds. The molecule has 0 spiro atoms. The third-order valence-electron chi connectivity index (χ3n) is 6.19. The van der Waals surface area contributed by atoms with Gasteiger partial charge in [-0.2, -0.15) is 0 Å². The van der Waals surface area contributed by atoms with Gasteiger partial charge in [0.15, 0.2) is 5.82 Å². The highest BCUT2D eigenvalue weighted by Crippen LogP contribution is 2.31. The van der Waals surface area contributed by atoms with Crippen LogP contribution in [0, 0.1) is 6.92 Å². The van der Waals surface area contributed by atoms with Gasteiger partial charge in [0.2, 0.25) is 5.95 Å². The maximum absolute atomic E-state index is 6.14. The van der Waals surface area contributed by atoms with Crippen LogP contribution < -0.4 is 15.0 Å². The molecule has 1 aliphatic rings. The smallest absolute Gasteiger partial charge is 0.226 e. The lowest BCUT2D eigenvalue weighted by molar-refractivity contribution is 0.0778. The number of fused-ring (bicyclic) bond motifs is 2. The third kappa shape index (κ3) is 3.97. The van der Waals surface area contributed by atoms with E-state index in [2.05, 4.69) is 30.2 Å². The lowest BCUT2D eigenvalue weighted by atomic mass is 10.2. The van der Waals surface area contributed by atoms with Gasteiger partial charge in [-0.15, -0.1) is 0 Å². The van der Waals surface area contributed by atoms with Crippen molar-refractivity contribution in [3.63, 3.8) is 0 Å². The minimum Gasteiger partial charge on any atom is -0.457 e. The van der Waals surface area contributed by atoms with Gasteiger partial charge in [0.1, 0.15) is 28.9 Å². The van der Waals surface area contributed by atoms with Crippen molar-refractivity contribution in [3.8, 4) is 11.5 Å². The molecule has 4 heterocycles. The summed E-state index contributed by atoms with van der Waals surface area (Å²) < 4.78 is 13.5. The van der Waals surface area contributed by atoms with E-state index in [1.807, 2.05) is 54.9 Å². The van der Waals surface area contributed by atoms with Crippen LogP contribution in [0.5, 0.6) is 11.5 Å². The van der Waals surface area contributed by atoms with E-state index in [1.165, 1.54) is 6.33 Å². The van der Waals surface area contributed by atoms with E-state index >= 15 is 0 Å². The second-order valence-electron chi connectivity index (χ2n) is 8.60. The molecule has 1 N–H and O–H groups in total. The fraction of sp³-hybridized carbons (Fsp3) is 0.240. The summed E-state index contributed by atoms with van der Waals surface area (Å²) in [7, 11) is 3.69. The highest BCUT2D eigenvalue weighted by Gasteiger charge is 2.28. The maximum Gasteiger partial charge on any atom is 0.226 e. The number of hydrogen-bond donors (Lipinski definition) is 1. The Morgan fingerprint density at radius 1 is 1.00 bits per heavy atom. The third-order valence-corrected chi connectivity index (χ3v) is 6.19. The summed E-state index contributed by atoms with van der Waals surface area (Å²) in [5.41, 5.74) is 5.16. The zero-order valence-electron chi connectivity index (χ0n) is 19.6. The van der Waals surface area contributed by atoms with Crippen molar-refractivity contribution in [2.75, 3.05) is 30.4 Å². The summed E-state index contributed by atoms with van der Waals surface area (Å²) in [6.07, 6.45) is 5.25. The van der Waals surface area contributed by atoms with Crippen molar-refractivity contribution in [1.29, 1.82) is 0 Å². The fourth-order valence-electron chi connectivity index (χ4n) is 4.12. The number of rotatable bonds is 6. The first-order valence-electron chi connectivity index (χ1n) is 11.3. The molecule has 0 aliphatic carbocycles. The number of benzene rings is 2. The molecular weight excluding hydrogens is 444 g/mol. The molecule has 0 bridgehead atoms. The van der Waals surface area contributed by atoms with Crippen molar-refractivity contribution in [3.05, 3.63) is 60.8 Å². The van der Waals surface area contributed by atoms with Gasteiger partial charge >= 0.3 is 0 Å². The molecule has 1 saturated heterocycles. The first kappa shape index (κ1) is 21.2. The predicted octanol–water partition coefficient (Wildman–Crippen LogP) is 3.99. The molecule has 2 aromatic carbocycles. The topological polar surface area (TPSA) is 103 Å². The van der Waals surface area contributed by atoms with E-state index in [1.54, 1.807) is 19.6 Å². The molecule has 5 aromatic rings. The zero-order valence-corrected chi connectivity index (χ0v) is 19.6. The number of nitrogens with zero attached hydrogens (tertiary/aromatic N) is 7. The number of nitrogens with one attached hydrogen (secondary N) is 1. The highest BCUT2D eigenvalue weighted by atomic mass is 16.5. The van der Waals surface area contributed by atoms with Gasteiger partial charge in [0.05, 0.1) is 29.7 Å². The van der Waals surface area contributed by atoms with Crippen molar-refractivity contribution in [2.24, 2.45) is 7.05 Å². The van der Waals surface area contributed by atoms with Crippen molar-refractivity contribution in [1.82, 2.24) is 29.5 Å². The largest absolute Gasteiger partial charge is 0.457 e. The summed E-state index contributed by atoms with van der Waals surface area (Å²) in [6.45, 7) is 3.55. The van der Waals surface area contributed by atoms with Crippen LogP contribution in [0.25, 0.3) is 22.1 Å². The Morgan fingerprint density at radius 3 is 2.71 bits per heavy atom.